The minimum atomic E-state index is -0.150. The van der Waals surface area contributed by atoms with Gasteiger partial charge in [0.1, 0.15) is 11.5 Å². The second-order valence-electron chi connectivity index (χ2n) is 5.70. The Morgan fingerprint density at radius 1 is 1.31 bits per heavy atom. The van der Waals surface area contributed by atoms with Crippen LogP contribution in [0.3, 0.4) is 0 Å². The fourth-order valence-corrected chi connectivity index (χ4v) is 3.19. The van der Waals surface area contributed by atoms with E-state index in [2.05, 4.69) is 10.3 Å². The molecule has 0 aliphatic carbocycles. The minimum Gasteiger partial charge on any atom is -0.384 e. The van der Waals surface area contributed by atoms with Crippen LogP contribution in [0.2, 0.25) is 10.0 Å². The van der Waals surface area contributed by atoms with Gasteiger partial charge in [0, 0.05) is 41.0 Å². The fraction of sp³-hybridized carbons (Fsp3) is 0.222. The van der Waals surface area contributed by atoms with E-state index in [1.165, 1.54) is 0 Å². The first-order valence-corrected chi connectivity index (χ1v) is 8.73. The molecule has 3 rings (SSSR count). The molecule has 3 aromatic rings. The Hall–Kier alpha value is -2.12. The molecular weight excluding hydrogens is 375 g/mol. The summed E-state index contributed by atoms with van der Waals surface area (Å²) in [5.41, 5.74) is 9.15. The van der Waals surface area contributed by atoms with Gasteiger partial charge in [-0.25, -0.2) is 4.98 Å². The van der Waals surface area contributed by atoms with Gasteiger partial charge in [0.25, 0.3) is 0 Å². The predicted molar refractivity (Wildman–Crippen MR) is 104 cm³/mol. The zero-order chi connectivity index (χ0) is 18.7. The summed E-state index contributed by atoms with van der Waals surface area (Å²) in [6.07, 6.45) is 3.74. The number of carbonyl (C=O) groups is 1. The maximum Gasteiger partial charge on any atom is 0.227 e. The molecule has 0 saturated carbocycles. The molecule has 6 nitrogen and oxygen atoms in total. The summed E-state index contributed by atoms with van der Waals surface area (Å²) in [5, 5.41) is 3.92. The van der Waals surface area contributed by atoms with Gasteiger partial charge in [-0.3, -0.25) is 9.20 Å². The Kier molecular flexibility index (Phi) is 5.78. The third-order valence-corrected chi connectivity index (χ3v) is 4.52. The highest BCUT2D eigenvalue weighted by molar-refractivity contribution is 6.36. The quantitative estimate of drug-likeness (QED) is 0.669. The highest BCUT2D eigenvalue weighted by atomic mass is 35.5. The van der Waals surface area contributed by atoms with E-state index in [-0.39, 0.29) is 12.3 Å². The van der Waals surface area contributed by atoms with Crippen molar-refractivity contribution in [3.8, 4) is 11.1 Å². The average molecular weight is 393 g/mol. The SMILES string of the molecule is COCCC(=O)Nc1cnc2cc(CN)c(-c3ccc(Cl)cc3Cl)cn12. The summed E-state index contributed by atoms with van der Waals surface area (Å²) in [4.78, 5) is 16.3. The number of nitrogens with zero attached hydrogens (tertiary/aromatic N) is 2. The minimum absolute atomic E-state index is 0.150. The van der Waals surface area contributed by atoms with Gasteiger partial charge in [-0.2, -0.15) is 0 Å². The van der Waals surface area contributed by atoms with Gasteiger partial charge in [-0.15, -0.1) is 0 Å². The van der Waals surface area contributed by atoms with Crippen LogP contribution in [-0.4, -0.2) is 29.0 Å². The van der Waals surface area contributed by atoms with Crippen molar-refractivity contribution >= 4 is 40.6 Å². The summed E-state index contributed by atoms with van der Waals surface area (Å²) in [7, 11) is 1.55. The molecule has 0 atom stereocenters. The molecule has 0 unspecified atom stereocenters. The second kappa shape index (κ2) is 8.05. The van der Waals surface area contributed by atoms with Crippen molar-refractivity contribution in [2.45, 2.75) is 13.0 Å². The first-order valence-electron chi connectivity index (χ1n) is 7.97. The Bertz CT molecular complexity index is 956. The van der Waals surface area contributed by atoms with Gasteiger partial charge in [0.2, 0.25) is 5.91 Å². The van der Waals surface area contributed by atoms with E-state index < -0.39 is 0 Å². The van der Waals surface area contributed by atoms with E-state index in [9.17, 15) is 4.79 Å². The number of ether oxygens (including phenoxy) is 1. The topological polar surface area (TPSA) is 81.6 Å². The predicted octanol–water partition coefficient (Wildman–Crippen LogP) is 3.74. The molecule has 8 heteroatoms. The summed E-state index contributed by atoms with van der Waals surface area (Å²) >= 11 is 12.4. The van der Waals surface area contributed by atoms with E-state index in [1.807, 2.05) is 18.3 Å². The molecule has 26 heavy (non-hydrogen) atoms. The molecule has 0 saturated heterocycles. The van der Waals surface area contributed by atoms with Crippen LogP contribution >= 0.6 is 23.2 Å². The van der Waals surface area contributed by atoms with Crippen molar-refractivity contribution in [3.63, 3.8) is 0 Å². The average Bonchev–Trinajstić information content (AvgIpc) is 3.00. The lowest BCUT2D eigenvalue weighted by Crippen LogP contribution is -2.15. The number of methoxy groups -OCH3 is 1. The zero-order valence-corrected chi connectivity index (χ0v) is 15.6. The molecule has 0 radical (unpaired) electrons. The van der Waals surface area contributed by atoms with Crippen molar-refractivity contribution in [1.29, 1.82) is 0 Å². The molecule has 2 heterocycles. The highest BCUT2D eigenvalue weighted by Crippen LogP contribution is 2.33. The van der Waals surface area contributed by atoms with Gasteiger partial charge < -0.3 is 15.8 Å². The number of pyridine rings is 1. The Labute approximate surface area is 160 Å². The van der Waals surface area contributed by atoms with E-state index in [0.29, 0.717) is 34.7 Å². The second-order valence-corrected chi connectivity index (χ2v) is 6.55. The van der Waals surface area contributed by atoms with Gasteiger partial charge in [-0.1, -0.05) is 29.3 Å². The molecule has 1 amide bonds. The maximum absolute atomic E-state index is 12.0. The molecule has 0 bridgehead atoms. The number of hydrogen-bond acceptors (Lipinski definition) is 4. The third-order valence-electron chi connectivity index (χ3n) is 3.97. The number of fused-ring (bicyclic) bond motifs is 1. The number of rotatable bonds is 6. The largest absolute Gasteiger partial charge is 0.384 e. The molecule has 0 aliphatic rings. The van der Waals surface area contributed by atoms with Crippen LogP contribution in [0.4, 0.5) is 5.82 Å². The summed E-state index contributed by atoms with van der Waals surface area (Å²) < 4.78 is 6.72. The third kappa shape index (κ3) is 3.83. The Balaban J connectivity index is 2.05. The van der Waals surface area contributed by atoms with Crippen molar-refractivity contribution in [1.82, 2.24) is 9.38 Å². The molecule has 3 N–H and O–H groups in total. The van der Waals surface area contributed by atoms with Crippen LogP contribution < -0.4 is 11.1 Å². The standard InChI is InChI=1S/C18H18Cl2N4O2/c1-26-5-4-18(25)23-17-9-22-16-6-11(8-21)14(10-24(16)17)13-3-2-12(19)7-15(13)20/h2-3,6-7,9-10H,4-5,8,21H2,1H3,(H,23,25). The van der Waals surface area contributed by atoms with Crippen LogP contribution in [-0.2, 0) is 16.1 Å². The molecule has 1 aromatic carbocycles. The van der Waals surface area contributed by atoms with Crippen molar-refractivity contribution < 1.29 is 9.53 Å². The van der Waals surface area contributed by atoms with E-state index in [4.69, 9.17) is 33.7 Å². The molecule has 0 fully saturated rings. The van der Waals surface area contributed by atoms with E-state index in [1.54, 1.807) is 29.8 Å². The summed E-state index contributed by atoms with van der Waals surface area (Å²) in [5.74, 6) is 0.415. The number of halogens is 2. The van der Waals surface area contributed by atoms with Gasteiger partial charge in [-0.05, 0) is 23.8 Å². The summed E-state index contributed by atoms with van der Waals surface area (Å²) in [6.45, 7) is 0.679. The van der Waals surface area contributed by atoms with Crippen molar-refractivity contribution in [3.05, 3.63) is 52.3 Å². The van der Waals surface area contributed by atoms with Crippen molar-refractivity contribution in [2.75, 3.05) is 19.0 Å². The highest BCUT2D eigenvalue weighted by Gasteiger charge is 2.14. The number of benzene rings is 1. The zero-order valence-electron chi connectivity index (χ0n) is 14.1. The van der Waals surface area contributed by atoms with Crippen LogP contribution in [0.15, 0.2) is 36.7 Å². The molecule has 0 spiro atoms. The fourth-order valence-electron chi connectivity index (χ4n) is 2.68. The number of nitrogens with one attached hydrogen (secondary N) is 1. The number of anilines is 1. The molecule has 136 valence electrons. The van der Waals surface area contributed by atoms with Crippen LogP contribution in [0.5, 0.6) is 0 Å². The number of hydrogen-bond donors (Lipinski definition) is 2. The molecule has 2 aromatic heterocycles. The van der Waals surface area contributed by atoms with Crippen LogP contribution in [0.25, 0.3) is 16.8 Å². The molecular formula is C18H18Cl2N4O2. The molecule has 0 aliphatic heterocycles. The number of imidazole rings is 1. The lowest BCUT2D eigenvalue weighted by atomic mass is 10.0. The van der Waals surface area contributed by atoms with Gasteiger partial charge >= 0.3 is 0 Å². The van der Waals surface area contributed by atoms with Gasteiger partial charge in [0.15, 0.2) is 0 Å². The van der Waals surface area contributed by atoms with Crippen LogP contribution in [0.1, 0.15) is 12.0 Å². The number of nitrogens with two attached hydrogens (primary N) is 1. The lowest BCUT2D eigenvalue weighted by Gasteiger charge is -2.13. The number of carbonyl (C=O) groups excluding carboxylic acids is 1. The smallest absolute Gasteiger partial charge is 0.227 e. The van der Waals surface area contributed by atoms with E-state index >= 15 is 0 Å². The van der Waals surface area contributed by atoms with Crippen LogP contribution in [0, 0.1) is 0 Å². The summed E-state index contributed by atoms with van der Waals surface area (Å²) in [6, 6.07) is 7.18. The Morgan fingerprint density at radius 2 is 2.12 bits per heavy atom. The number of amides is 1. The monoisotopic (exact) mass is 392 g/mol. The maximum atomic E-state index is 12.0. The first-order chi connectivity index (χ1) is 12.5. The lowest BCUT2D eigenvalue weighted by molar-refractivity contribution is -0.117. The normalized spacial score (nSPS) is 11.1. The van der Waals surface area contributed by atoms with Crippen molar-refractivity contribution in [2.24, 2.45) is 5.73 Å². The number of aromatic nitrogens is 2. The first kappa shape index (κ1) is 18.7. The van der Waals surface area contributed by atoms with E-state index in [0.717, 1.165) is 16.7 Å². The van der Waals surface area contributed by atoms with Gasteiger partial charge in [0.05, 0.1) is 19.2 Å². The Morgan fingerprint density at radius 3 is 2.81 bits per heavy atom.